The number of benzene rings is 1. The molecule has 0 saturated carbocycles. The SMILES string of the molecule is CC(=O)N1CCN(c2nc(N3CCN(C(=O)OC(C)(C)C)CC3)c3c(c2C#N)CN(Cc2ccccc2)CC3)CC1. The fourth-order valence-corrected chi connectivity index (χ4v) is 5.90. The predicted molar refractivity (Wildman–Crippen MR) is 158 cm³/mol. The number of piperazine rings is 2. The van der Waals surface area contributed by atoms with Crippen molar-refractivity contribution in [2.45, 2.75) is 52.8 Å². The highest BCUT2D eigenvalue weighted by Gasteiger charge is 2.33. The van der Waals surface area contributed by atoms with Gasteiger partial charge in [0.05, 0.1) is 5.56 Å². The second-order valence-electron chi connectivity index (χ2n) is 12.1. The summed E-state index contributed by atoms with van der Waals surface area (Å²) < 4.78 is 5.60. The Balaban J connectivity index is 1.44. The van der Waals surface area contributed by atoms with Crippen molar-refractivity contribution in [1.82, 2.24) is 19.7 Å². The van der Waals surface area contributed by atoms with Gasteiger partial charge in [-0.3, -0.25) is 9.69 Å². The molecule has 5 rings (SSSR count). The minimum absolute atomic E-state index is 0.0728. The van der Waals surface area contributed by atoms with Gasteiger partial charge in [0.15, 0.2) is 0 Å². The average Bonchev–Trinajstić information content (AvgIpc) is 2.96. The van der Waals surface area contributed by atoms with Crippen LogP contribution >= 0.6 is 0 Å². The van der Waals surface area contributed by atoms with E-state index in [0.29, 0.717) is 70.3 Å². The summed E-state index contributed by atoms with van der Waals surface area (Å²) in [5.74, 6) is 1.70. The fraction of sp³-hybridized carbons (Fsp3) is 0.548. The number of hydrogen-bond acceptors (Lipinski definition) is 8. The third kappa shape index (κ3) is 6.57. The van der Waals surface area contributed by atoms with E-state index < -0.39 is 5.60 Å². The number of anilines is 2. The normalized spacial score (nSPS) is 18.1. The Labute approximate surface area is 243 Å². The minimum atomic E-state index is -0.533. The van der Waals surface area contributed by atoms with Crippen molar-refractivity contribution >= 4 is 23.6 Å². The van der Waals surface area contributed by atoms with Crippen molar-refractivity contribution in [2.75, 3.05) is 68.7 Å². The average molecular weight is 560 g/mol. The first-order valence-electron chi connectivity index (χ1n) is 14.6. The smallest absolute Gasteiger partial charge is 0.410 e. The lowest BCUT2D eigenvalue weighted by Gasteiger charge is -2.40. The summed E-state index contributed by atoms with van der Waals surface area (Å²) in [4.78, 5) is 40.3. The van der Waals surface area contributed by atoms with Crippen molar-refractivity contribution in [2.24, 2.45) is 0 Å². The molecule has 2 aromatic rings. The van der Waals surface area contributed by atoms with Crippen LogP contribution in [0.5, 0.6) is 0 Å². The van der Waals surface area contributed by atoms with Crippen molar-refractivity contribution in [1.29, 1.82) is 5.26 Å². The molecule has 1 aromatic carbocycles. The zero-order valence-corrected chi connectivity index (χ0v) is 24.7. The van der Waals surface area contributed by atoms with Crippen LogP contribution in [-0.2, 0) is 29.0 Å². The van der Waals surface area contributed by atoms with Gasteiger partial charge in [-0.15, -0.1) is 0 Å². The van der Waals surface area contributed by atoms with Gasteiger partial charge in [0.2, 0.25) is 5.91 Å². The molecule has 0 N–H and O–H groups in total. The van der Waals surface area contributed by atoms with Crippen molar-refractivity contribution in [3.05, 3.63) is 52.6 Å². The highest BCUT2D eigenvalue weighted by Crippen LogP contribution is 2.36. The first kappa shape index (κ1) is 28.7. The summed E-state index contributed by atoms with van der Waals surface area (Å²) in [5.41, 5.74) is 3.56. The standard InChI is InChI=1S/C31H41N7O3/c1-23(39)35-12-14-37(15-13-35)29-26(20-32)27-22-34(21-24-8-6-5-7-9-24)11-10-25(27)28(33-29)36-16-18-38(19-17-36)30(40)41-31(2,3)4/h5-9H,10-19,21-22H2,1-4H3. The number of fused-ring (bicyclic) bond motifs is 1. The quantitative estimate of drug-likeness (QED) is 0.564. The van der Waals surface area contributed by atoms with Crippen LogP contribution in [0.15, 0.2) is 30.3 Å². The molecule has 3 aliphatic rings. The summed E-state index contributed by atoms with van der Waals surface area (Å²) >= 11 is 0. The summed E-state index contributed by atoms with van der Waals surface area (Å²) in [6.45, 7) is 14.5. The molecule has 2 saturated heterocycles. The largest absolute Gasteiger partial charge is 0.444 e. The Bertz CT molecular complexity index is 1300. The molecule has 41 heavy (non-hydrogen) atoms. The van der Waals surface area contributed by atoms with Gasteiger partial charge in [-0.25, -0.2) is 9.78 Å². The van der Waals surface area contributed by atoms with Gasteiger partial charge in [-0.2, -0.15) is 5.26 Å². The van der Waals surface area contributed by atoms with Gasteiger partial charge in [0, 0.05) is 84.5 Å². The van der Waals surface area contributed by atoms with E-state index in [2.05, 4.69) is 45.0 Å². The van der Waals surface area contributed by atoms with Gasteiger partial charge in [0.1, 0.15) is 23.3 Å². The summed E-state index contributed by atoms with van der Waals surface area (Å²) in [7, 11) is 0. The van der Waals surface area contributed by atoms with Crippen LogP contribution in [0.25, 0.3) is 0 Å². The molecule has 1 aromatic heterocycles. The lowest BCUT2D eigenvalue weighted by molar-refractivity contribution is -0.129. The Morgan fingerprint density at radius 3 is 2.07 bits per heavy atom. The maximum absolute atomic E-state index is 12.7. The summed E-state index contributed by atoms with van der Waals surface area (Å²) in [6.07, 6.45) is 0.525. The van der Waals surface area contributed by atoms with E-state index in [0.717, 1.165) is 36.5 Å². The molecule has 0 aliphatic carbocycles. The molecule has 3 aliphatic heterocycles. The molecule has 0 atom stereocenters. The maximum Gasteiger partial charge on any atom is 0.410 e. The molecule has 2 fully saturated rings. The van der Waals surface area contributed by atoms with E-state index in [1.165, 1.54) is 5.56 Å². The molecule has 2 amide bonds. The highest BCUT2D eigenvalue weighted by atomic mass is 16.6. The molecule has 0 radical (unpaired) electrons. The summed E-state index contributed by atoms with van der Waals surface area (Å²) in [5, 5.41) is 10.4. The molecular formula is C31H41N7O3. The van der Waals surface area contributed by atoms with Crippen molar-refractivity contribution < 1.29 is 14.3 Å². The molecule has 10 heteroatoms. The topological polar surface area (TPSA) is 96.3 Å². The highest BCUT2D eigenvalue weighted by molar-refractivity contribution is 5.74. The Hall–Kier alpha value is -3.84. The van der Waals surface area contributed by atoms with Gasteiger partial charge >= 0.3 is 6.09 Å². The Kier molecular flexibility index (Phi) is 8.36. The predicted octanol–water partition coefficient (Wildman–Crippen LogP) is 3.24. The van der Waals surface area contributed by atoms with E-state index in [-0.39, 0.29) is 12.0 Å². The van der Waals surface area contributed by atoms with Gasteiger partial charge in [0.25, 0.3) is 0 Å². The zero-order chi connectivity index (χ0) is 29.1. The van der Waals surface area contributed by atoms with Crippen LogP contribution in [0.4, 0.5) is 16.4 Å². The maximum atomic E-state index is 12.7. The van der Waals surface area contributed by atoms with E-state index in [1.54, 1.807) is 11.8 Å². The van der Waals surface area contributed by atoms with Crippen LogP contribution in [0, 0.1) is 11.3 Å². The number of rotatable bonds is 4. The Morgan fingerprint density at radius 2 is 1.49 bits per heavy atom. The monoisotopic (exact) mass is 559 g/mol. The van der Waals surface area contributed by atoms with Crippen LogP contribution in [0.1, 0.15) is 49.9 Å². The van der Waals surface area contributed by atoms with Crippen LogP contribution in [-0.4, -0.2) is 96.2 Å². The van der Waals surface area contributed by atoms with Crippen LogP contribution in [0.2, 0.25) is 0 Å². The Morgan fingerprint density at radius 1 is 0.878 bits per heavy atom. The first-order valence-corrected chi connectivity index (χ1v) is 14.6. The third-order valence-electron chi connectivity index (χ3n) is 8.05. The molecule has 10 nitrogen and oxygen atoms in total. The lowest BCUT2D eigenvalue weighted by Crippen LogP contribution is -2.51. The van der Waals surface area contributed by atoms with Crippen molar-refractivity contribution in [3.8, 4) is 6.07 Å². The minimum Gasteiger partial charge on any atom is -0.444 e. The van der Waals surface area contributed by atoms with Gasteiger partial charge in [-0.1, -0.05) is 30.3 Å². The van der Waals surface area contributed by atoms with Crippen LogP contribution in [0.3, 0.4) is 0 Å². The van der Waals surface area contributed by atoms with E-state index in [4.69, 9.17) is 9.72 Å². The van der Waals surface area contributed by atoms with Gasteiger partial charge < -0.3 is 24.3 Å². The van der Waals surface area contributed by atoms with Gasteiger partial charge in [-0.05, 0) is 38.3 Å². The van der Waals surface area contributed by atoms with E-state index in [1.807, 2.05) is 31.7 Å². The molecule has 0 bridgehead atoms. The zero-order valence-electron chi connectivity index (χ0n) is 24.7. The second-order valence-corrected chi connectivity index (χ2v) is 12.1. The fourth-order valence-electron chi connectivity index (χ4n) is 5.90. The third-order valence-corrected chi connectivity index (χ3v) is 8.05. The number of carbonyl (C=O) groups excluding carboxylic acids is 2. The van der Waals surface area contributed by atoms with Crippen LogP contribution < -0.4 is 9.80 Å². The number of nitriles is 1. The number of aromatic nitrogens is 1. The molecule has 0 unspecified atom stereocenters. The first-order chi connectivity index (χ1) is 19.6. The second kappa shape index (κ2) is 12.0. The van der Waals surface area contributed by atoms with E-state index in [9.17, 15) is 14.9 Å². The van der Waals surface area contributed by atoms with E-state index >= 15 is 0 Å². The number of ether oxygens (including phenoxy) is 1. The number of pyridine rings is 1. The number of amides is 2. The number of carbonyl (C=O) groups is 2. The lowest BCUT2D eigenvalue weighted by atomic mass is 9.94. The molecule has 218 valence electrons. The summed E-state index contributed by atoms with van der Waals surface area (Å²) in [6, 6.07) is 12.9. The molecule has 0 spiro atoms. The van der Waals surface area contributed by atoms with Crippen molar-refractivity contribution in [3.63, 3.8) is 0 Å². The molecule has 4 heterocycles. The molecular weight excluding hydrogens is 518 g/mol. The number of hydrogen-bond donors (Lipinski definition) is 0. The number of nitrogens with zero attached hydrogens (tertiary/aromatic N) is 7.